The summed E-state index contributed by atoms with van der Waals surface area (Å²) in [7, 11) is 0. The Kier molecular flexibility index (Phi) is 7.00. The number of morpholine rings is 1. The van der Waals surface area contributed by atoms with Crippen molar-refractivity contribution >= 4 is 12.0 Å². The van der Waals surface area contributed by atoms with E-state index in [9.17, 15) is 9.59 Å². The van der Waals surface area contributed by atoms with Crippen molar-refractivity contribution < 1.29 is 23.8 Å². The number of amides is 2. The first-order valence-corrected chi connectivity index (χ1v) is 10.4. The van der Waals surface area contributed by atoms with E-state index in [2.05, 4.69) is 0 Å². The number of carbonyl (C=O) groups excluding carboxylic acids is 2. The largest absolute Gasteiger partial charge is 0.493 e. The lowest BCUT2D eigenvalue weighted by atomic mass is 9.99. The number of benzene rings is 1. The van der Waals surface area contributed by atoms with Gasteiger partial charge in [-0.15, -0.1) is 0 Å². The fourth-order valence-corrected chi connectivity index (χ4v) is 3.55. The molecule has 2 aliphatic heterocycles. The molecular formula is C22H32N2O5. The summed E-state index contributed by atoms with van der Waals surface area (Å²) in [6, 6.07) is 7.28. The molecule has 1 aromatic carbocycles. The number of rotatable bonds is 4. The molecule has 2 fully saturated rings. The summed E-state index contributed by atoms with van der Waals surface area (Å²) >= 11 is 0. The Balaban J connectivity index is 1.48. The van der Waals surface area contributed by atoms with Crippen LogP contribution in [0.4, 0.5) is 4.79 Å². The number of hydrogen-bond acceptors (Lipinski definition) is 5. The van der Waals surface area contributed by atoms with Crippen molar-refractivity contribution in [3.05, 3.63) is 29.8 Å². The zero-order valence-electron chi connectivity index (χ0n) is 17.7. The second-order valence-electron chi connectivity index (χ2n) is 8.67. The summed E-state index contributed by atoms with van der Waals surface area (Å²) in [4.78, 5) is 28.4. The molecule has 0 unspecified atom stereocenters. The third kappa shape index (κ3) is 6.35. The van der Waals surface area contributed by atoms with Crippen molar-refractivity contribution in [2.24, 2.45) is 5.92 Å². The van der Waals surface area contributed by atoms with Crippen LogP contribution in [0.15, 0.2) is 24.3 Å². The van der Waals surface area contributed by atoms with Crippen molar-refractivity contribution in [3.8, 4) is 5.75 Å². The molecule has 1 aromatic rings. The van der Waals surface area contributed by atoms with Gasteiger partial charge in [0.1, 0.15) is 11.4 Å². The van der Waals surface area contributed by atoms with Gasteiger partial charge in [-0.1, -0.05) is 0 Å². The predicted octanol–water partition coefficient (Wildman–Crippen LogP) is 3.18. The van der Waals surface area contributed by atoms with Gasteiger partial charge in [0.2, 0.25) is 0 Å². The number of carbonyl (C=O) groups is 2. The highest BCUT2D eigenvalue weighted by Crippen LogP contribution is 2.21. The quantitative estimate of drug-likeness (QED) is 0.771. The highest BCUT2D eigenvalue weighted by molar-refractivity contribution is 5.94. The molecule has 29 heavy (non-hydrogen) atoms. The maximum absolute atomic E-state index is 12.5. The van der Waals surface area contributed by atoms with Gasteiger partial charge in [0.15, 0.2) is 0 Å². The fraction of sp³-hybridized carbons (Fsp3) is 0.636. The molecule has 3 rings (SSSR count). The van der Waals surface area contributed by atoms with Crippen molar-refractivity contribution in [1.82, 2.24) is 9.80 Å². The van der Waals surface area contributed by atoms with E-state index in [1.807, 2.05) is 37.8 Å². The molecule has 7 heteroatoms. The Morgan fingerprint density at radius 1 is 1.07 bits per heavy atom. The maximum Gasteiger partial charge on any atom is 0.410 e. The average Bonchev–Trinajstić information content (AvgIpc) is 2.72. The first-order chi connectivity index (χ1) is 13.8. The molecule has 0 N–H and O–H groups in total. The Morgan fingerprint density at radius 3 is 2.41 bits per heavy atom. The lowest BCUT2D eigenvalue weighted by Crippen LogP contribution is -2.44. The van der Waals surface area contributed by atoms with E-state index in [0.29, 0.717) is 45.0 Å². The molecule has 2 aliphatic rings. The van der Waals surface area contributed by atoms with Crippen LogP contribution in [0.5, 0.6) is 5.75 Å². The second kappa shape index (κ2) is 9.48. The Morgan fingerprint density at radius 2 is 1.76 bits per heavy atom. The van der Waals surface area contributed by atoms with Gasteiger partial charge in [-0.3, -0.25) is 4.79 Å². The fourth-order valence-electron chi connectivity index (χ4n) is 3.55. The average molecular weight is 405 g/mol. The first kappa shape index (κ1) is 21.4. The molecular weight excluding hydrogens is 372 g/mol. The molecule has 1 atom stereocenters. The molecule has 160 valence electrons. The van der Waals surface area contributed by atoms with Crippen molar-refractivity contribution in [3.63, 3.8) is 0 Å². The van der Waals surface area contributed by atoms with Crippen LogP contribution >= 0.6 is 0 Å². The van der Waals surface area contributed by atoms with Crippen LogP contribution in [0, 0.1) is 5.92 Å². The van der Waals surface area contributed by atoms with Crippen LogP contribution in [0.2, 0.25) is 0 Å². The van der Waals surface area contributed by atoms with Crippen molar-refractivity contribution in [2.75, 3.05) is 46.0 Å². The third-order valence-corrected chi connectivity index (χ3v) is 5.06. The molecule has 2 heterocycles. The SMILES string of the molecule is CC(C)(C)OC(=O)N1CCC[C@H](COc2ccc(C(=O)N3CCOCC3)cc2)C1. The minimum atomic E-state index is -0.485. The summed E-state index contributed by atoms with van der Waals surface area (Å²) in [5, 5.41) is 0. The van der Waals surface area contributed by atoms with Gasteiger partial charge < -0.3 is 24.0 Å². The van der Waals surface area contributed by atoms with Gasteiger partial charge in [0.05, 0.1) is 19.8 Å². The molecule has 0 bridgehead atoms. The Bertz CT molecular complexity index is 692. The first-order valence-electron chi connectivity index (χ1n) is 10.4. The van der Waals surface area contributed by atoms with Gasteiger partial charge in [-0.05, 0) is 57.9 Å². The van der Waals surface area contributed by atoms with Gasteiger partial charge >= 0.3 is 6.09 Å². The second-order valence-corrected chi connectivity index (χ2v) is 8.67. The van der Waals surface area contributed by atoms with Crippen LogP contribution in [0.1, 0.15) is 44.0 Å². The van der Waals surface area contributed by atoms with E-state index in [-0.39, 0.29) is 17.9 Å². The van der Waals surface area contributed by atoms with Crippen LogP contribution in [-0.2, 0) is 9.47 Å². The van der Waals surface area contributed by atoms with Gasteiger partial charge in [0.25, 0.3) is 5.91 Å². The monoisotopic (exact) mass is 404 g/mol. The predicted molar refractivity (Wildman–Crippen MR) is 109 cm³/mol. The number of piperidine rings is 1. The molecule has 0 aromatic heterocycles. The van der Waals surface area contributed by atoms with Crippen molar-refractivity contribution in [2.45, 2.75) is 39.2 Å². The van der Waals surface area contributed by atoms with Crippen LogP contribution < -0.4 is 4.74 Å². The smallest absolute Gasteiger partial charge is 0.410 e. The van der Waals surface area contributed by atoms with Gasteiger partial charge in [-0.2, -0.15) is 0 Å². The normalized spacial score (nSPS) is 20.3. The molecule has 0 radical (unpaired) electrons. The van der Waals surface area contributed by atoms with E-state index < -0.39 is 5.60 Å². The zero-order valence-corrected chi connectivity index (χ0v) is 17.7. The van der Waals surface area contributed by atoms with E-state index in [1.165, 1.54) is 0 Å². The summed E-state index contributed by atoms with van der Waals surface area (Å²) < 4.78 is 16.7. The number of hydrogen-bond donors (Lipinski definition) is 0. The molecule has 2 amide bonds. The lowest BCUT2D eigenvalue weighted by Gasteiger charge is -2.34. The summed E-state index contributed by atoms with van der Waals surface area (Å²) in [5.74, 6) is 1.03. The van der Waals surface area contributed by atoms with Gasteiger partial charge in [-0.25, -0.2) is 4.79 Å². The minimum Gasteiger partial charge on any atom is -0.493 e. The minimum absolute atomic E-state index is 0.0279. The van der Waals surface area contributed by atoms with E-state index in [4.69, 9.17) is 14.2 Å². The van der Waals surface area contributed by atoms with E-state index >= 15 is 0 Å². The summed E-state index contributed by atoms with van der Waals surface area (Å²) in [6.07, 6.45) is 1.71. The Hall–Kier alpha value is -2.28. The summed E-state index contributed by atoms with van der Waals surface area (Å²) in [5.41, 5.74) is 0.175. The highest BCUT2D eigenvalue weighted by Gasteiger charge is 2.28. The Labute approximate surface area is 172 Å². The van der Waals surface area contributed by atoms with Crippen LogP contribution in [-0.4, -0.2) is 73.4 Å². The van der Waals surface area contributed by atoms with Crippen LogP contribution in [0.25, 0.3) is 0 Å². The topological polar surface area (TPSA) is 68.3 Å². The molecule has 0 spiro atoms. The molecule has 7 nitrogen and oxygen atoms in total. The zero-order chi connectivity index (χ0) is 20.9. The number of ether oxygens (including phenoxy) is 3. The molecule has 2 saturated heterocycles. The van der Waals surface area contributed by atoms with Gasteiger partial charge in [0, 0.05) is 37.7 Å². The van der Waals surface area contributed by atoms with Crippen molar-refractivity contribution in [1.29, 1.82) is 0 Å². The maximum atomic E-state index is 12.5. The summed E-state index contributed by atoms with van der Waals surface area (Å²) in [6.45, 7) is 9.99. The molecule has 0 aliphatic carbocycles. The lowest BCUT2D eigenvalue weighted by molar-refractivity contribution is 0.0139. The van der Waals surface area contributed by atoms with Crippen LogP contribution in [0.3, 0.4) is 0 Å². The van der Waals surface area contributed by atoms with E-state index in [0.717, 1.165) is 25.1 Å². The highest BCUT2D eigenvalue weighted by atomic mass is 16.6. The van der Waals surface area contributed by atoms with E-state index in [1.54, 1.807) is 17.0 Å². The number of likely N-dealkylation sites (tertiary alicyclic amines) is 1. The third-order valence-electron chi connectivity index (χ3n) is 5.06. The standard InChI is InChI=1S/C22H32N2O5/c1-22(2,3)29-21(26)24-10-4-5-17(15-24)16-28-19-8-6-18(7-9-19)20(25)23-11-13-27-14-12-23/h6-9,17H,4-5,10-16H2,1-3H3/t17-/m0/s1. The number of nitrogens with zero attached hydrogens (tertiary/aromatic N) is 2. The molecule has 0 saturated carbocycles.